The number of hydrogen-bond acceptors (Lipinski definition) is 4. The average Bonchev–Trinajstić information content (AvgIpc) is 2.75. The Labute approximate surface area is 188 Å². The molecule has 0 aliphatic carbocycles. The van der Waals surface area contributed by atoms with E-state index in [0.717, 1.165) is 10.5 Å². The maximum absolute atomic E-state index is 12.2. The minimum atomic E-state index is -1.10. The molecule has 0 heterocycles. The Kier molecular flexibility index (Phi) is 7.70. The van der Waals surface area contributed by atoms with Crippen LogP contribution in [-0.4, -0.2) is 28.6 Å². The summed E-state index contributed by atoms with van der Waals surface area (Å²) in [5, 5.41) is 14.8. The number of aromatic carboxylic acids is 1. The molecule has 2 amide bonds. The maximum Gasteiger partial charge on any atom is 0.335 e. The van der Waals surface area contributed by atoms with Gasteiger partial charge in [0.2, 0.25) is 11.8 Å². The minimum absolute atomic E-state index is 0.0391. The fraction of sp³-hybridized carbons (Fsp3) is 0.0870. The standard InChI is InChI=1S/C23H19ClN2O4S/c24-19-11-6-16(23(29)30)13-20(19)26-22(28)14-31-18-9-7-17(8-10-18)25-21(27)12-15-4-2-1-3-5-15/h1-11,13H,12,14H2,(H,25,27)(H,26,28)(H,29,30). The highest BCUT2D eigenvalue weighted by atomic mass is 35.5. The van der Waals surface area contributed by atoms with Crippen molar-refractivity contribution in [3.05, 3.63) is 88.9 Å². The first-order chi connectivity index (χ1) is 14.9. The van der Waals surface area contributed by atoms with Crippen molar-refractivity contribution < 1.29 is 19.5 Å². The molecule has 0 aliphatic rings. The summed E-state index contributed by atoms with van der Waals surface area (Å²) in [7, 11) is 0. The van der Waals surface area contributed by atoms with Crippen LogP contribution >= 0.6 is 23.4 Å². The van der Waals surface area contributed by atoms with Gasteiger partial charge in [0.25, 0.3) is 0 Å². The summed E-state index contributed by atoms with van der Waals surface area (Å²) in [6, 6.07) is 20.8. The van der Waals surface area contributed by atoms with E-state index in [4.69, 9.17) is 16.7 Å². The third kappa shape index (κ3) is 6.87. The van der Waals surface area contributed by atoms with Gasteiger partial charge in [0.15, 0.2) is 0 Å². The Morgan fingerprint density at radius 3 is 2.26 bits per heavy atom. The van der Waals surface area contributed by atoms with Crippen molar-refractivity contribution in [2.24, 2.45) is 0 Å². The summed E-state index contributed by atoms with van der Waals surface area (Å²) in [6.07, 6.45) is 0.295. The number of anilines is 2. The molecule has 0 spiro atoms. The molecule has 0 atom stereocenters. The molecule has 31 heavy (non-hydrogen) atoms. The Balaban J connectivity index is 1.50. The second-order valence-corrected chi connectivity index (χ2v) is 8.03. The zero-order chi connectivity index (χ0) is 22.2. The van der Waals surface area contributed by atoms with Gasteiger partial charge in [-0.1, -0.05) is 41.9 Å². The van der Waals surface area contributed by atoms with Gasteiger partial charge in [-0.25, -0.2) is 4.79 Å². The summed E-state index contributed by atoms with van der Waals surface area (Å²) >= 11 is 7.33. The van der Waals surface area contributed by atoms with E-state index in [2.05, 4.69) is 10.6 Å². The van der Waals surface area contributed by atoms with Crippen LogP contribution in [0.2, 0.25) is 5.02 Å². The molecule has 0 saturated heterocycles. The van der Waals surface area contributed by atoms with Gasteiger partial charge in [-0.2, -0.15) is 0 Å². The van der Waals surface area contributed by atoms with Crippen molar-refractivity contribution in [3.63, 3.8) is 0 Å². The van der Waals surface area contributed by atoms with Crippen LogP contribution in [-0.2, 0) is 16.0 Å². The first-order valence-electron chi connectivity index (χ1n) is 9.30. The van der Waals surface area contributed by atoms with Crippen LogP contribution < -0.4 is 10.6 Å². The quantitative estimate of drug-likeness (QED) is 0.418. The number of rotatable bonds is 8. The number of carbonyl (C=O) groups is 3. The molecule has 0 radical (unpaired) electrons. The Hall–Kier alpha value is -3.29. The zero-order valence-electron chi connectivity index (χ0n) is 16.3. The number of benzene rings is 3. The largest absolute Gasteiger partial charge is 0.478 e. The highest BCUT2D eigenvalue weighted by Gasteiger charge is 2.11. The van der Waals surface area contributed by atoms with Gasteiger partial charge >= 0.3 is 5.97 Å². The van der Waals surface area contributed by atoms with Crippen LogP contribution in [0.15, 0.2) is 77.7 Å². The van der Waals surface area contributed by atoms with Crippen molar-refractivity contribution in [3.8, 4) is 0 Å². The van der Waals surface area contributed by atoms with E-state index >= 15 is 0 Å². The normalized spacial score (nSPS) is 10.4. The Morgan fingerprint density at radius 2 is 1.58 bits per heavy atom. The van der Waals surface area contributed by atoms with E-state index in [-0.39, 0.29) is 33.8 Å². The Morgan fingerprint density at radius 1 is 0.871 bits per heavy atom. The first kappa shape index (κ1) is 22.4. The fourth-order valence-electron chi connectivity index (χ4n) is 2.71. The molecule has 0 bridgehead atoms. The third-order valence-corrected chi connectivity index (χ3v) is 5.54. The van der Waals surface area contributed by atoms with Gasteiger partial charge in [0.1, 0.15) is 0 Å². The topological polar surface area (TPSA) is 95.5 Å². The van der Waals surface area contributed by atoms with E-state index < -0.39 is 5.97 Å². The summed E-state index contributed by atoms with van der Waals surface area (Å²) in [5.41, 5.74) is 1.90. The van der Waals surface area contributed by atoms with E-state index in [1.165, 1.54) is 30.0 Å². The smallest absolute Gasteiger partial charge is 0.335 e. The molecule has 0 aromatic heterocycles. The molecule has 3 rings (SSSR count). The van der Waals surface area contributed by atoms with Gasteiger partial charge in [0, 0.05) is 10.6 Å². The molecule has 0 unspecified atom stereocenters. The number of carboxylic acid groups (broad SMARTS) is 1. The van der Waals surface area contributed by atoms with Crippen molar-refractivity contribution in [1.29, 1.82) is 0 Å². The molecule has 0 fully saturated rings. The number of nitrogens with one attached hydrogen (secondary N) is 2. The van der Waals surface area contributed by atoms with Crippen molar-refractivity contribution >= 4 is 52.5 Å². The monoisotopic (exact) mass is 454 g/mol. The molecule has 8 heteroatoms. The lowest BCUT2D eigenvalue weighted by atomic mass is 10.1. The maximum atomic E-state index is 12.2. The summed E-state index contributed by atoms with van der Waals surface area (Å²) in [4.78, 5) is 36.3. The average molecular weight is 455 g/mol. The van der Waals surface area contributed by atoms with Gasteiger partial charge in [0.05, 0.1) is 28.4 Å². The molecular weight excluding hydrogens is 436 g/mol. The van der Waals surface area contributed by atoms with Crippen molar-refractivity contribution in [2.45, 2.75) is 11.3 Å². The predicted molar refractivity (Wildman–Crippen MR) is 123 cm³/mol. The Bertz CT molecular complexity index is 1090. The summed E-state index contributed by atoms with van der Waals surface area (Å²) in [6.45, 7) is 0. The van der Waals surface area contributed by atoms with Crippen LogP contribution in [0.25, 0.3) is 0 Å². The number of amides is 2. The van der Waals surface area contributed by atoms with Gasteiger partial charge in [-0.05, 0) is 48.0 Å². The van der Waals surface area contributed by atoms with Crippen LogP contribution in [0.1, 0.15) is 15.9 Å². The molecule has 3 aromatic rings. The lowest BCUT2D eigenvalue weighted by molar-refractivity contribution is -0.115. The number of halogens is 1. The number of thioether (sulfide) groups is 1. The predicted octanol–water partition coefficient (Wildman–Crippen LogP) is 4.95. The van der Waals surface area contributed by atoms with Gasteiger partial charge < -0.3 is 15.7 Å². The van der Waals surface area contributed by atoms with E-state index in [9.17, 15) is 14.4 Å². The molecule has 0 aliphatic heterocycles. The molecule has 0 saturated carbocycles. The second-order valence-electron chi connectivity index (χ2n) is 6.57. The highest BCUT2D eigenvalue weighted by Crippen LogP contribution is 2.25. The van der Waals surface area contributed by atoms with E-state index in [1.807, 2.05) is 42.5 Å². The molecule has 3 N–H and O–H groups in total. The van der Waals surface area contributed by atoms with Crippen molar-refractivity contribution in [1.82, 2.24) is 0 Å². The molecule has 158 valence electrons. The van der Waals surface area contributed by atoms with E-state index in [0.29, 0.717) is 12.1 Å². The third-order valence-electron chi connectivity index (χ3n) is 4.20. The second kappa shape index (κ2) is 10.7. The SMILES string of the molecule is O=C(Cc1ccccc1)Nc1ccc(SCC(=O)Nc2cc(C(=O)O)ccc2Cl)cc1. The lowest BCUT2D eigenvalue weighted by Gasteiger charge is -2.09. The van der Waals surface area contributed by atoms with Crippen LogP contribution in [0.5, 0.6) is 0 Å². The molecular formula is C23H19ClN2O4S. The van der Waals surface area contributed by atoms with Crippen LogP contribution in [0.3, 0.4) is 0 Å². The molecule has 6 nitrogen and oxygen atoms in total. The lowest BCUT2D eigenvalue weighted by Crippen LogP contribution is -2.15. The van der Waals surface area contributed by atoms with Gasteiger partial charge in [-0.3, -0.25) is 9.59 Å². The zero-order valence-corrected chi connectivity index (χ0v) is 17.9. The number of hydrogen-bond donors (Lipinski definition) is 3. The fourth-order valence-corrected chi connectivity index (χ4v) is 3.57. The summed E-state index contributed by atoms with van der Waals surface area (Å²) in [5.74, 6) is -1.40. The van der Waals surface area contributed by atoms with Gasteiger partial charge in [-0.15, -0.1) is 11.8 Å². The van der Waals surface area contributed by atoms with Crippen LogP contribution in [0, 0.1) is 0 Å². The summed E-state index contributed by atoms with van der Waals surface area (Å²) < 4.78 is 0. The van der Waals surface area contributed by atoms with E-state index in [1.54, 1.807) is 12.1 Å². The minimum Gasteiger partial charge on any atom is -0.478 e. The number of carbonyl (C=O) groups excluding carboxylic acids is 2. The molecule has 3 aromatic carbocycles. The van der Waals surface area contributed by atoms with Crippen molar-refractivity contribution in [2.75, 3.05) is 16.4 Å². The van der Waals surface area contributed by atoms with Crippen LogP contribution in [0.4, 0.5) is 11.4 Å². The first-order valence-corrected chi connectivity index (χ1v) is 10.7. The highest BCUT2D eigenvalue weighted by molar-refractivity contribution is 8.00. The number of carboxylic acids is 1.